The van der Waals surface area contributed by atoms with Crippen molar-refractivity contribution in [3.05, 3.63) is 18.5 Å². The summed E-state index contributed by atoms with van der Waals surface area (Å²) < 4.78 is 2.38. The summed E-state index contributed by atoms with van der Waals surface area (Å²) in [7, 11) is 1.98. The van der Waals surface area contributed by atoms with E-state index in [1.807, 2.05) is 7.05 Å². The van der Waals surface area contributed by atoms with Crippen LogP contribution >= 0.6 is 0 Å². The molecular weight excluding hydrogens is 184 g/mol. The van der Waals surface area contributed by atoms with E-state index in [1.54, 1.807) is 0 Å². The molecule has 1 heterocycles. The Bertz CT molecular complexity index is 315. The first-order valence-electron chi connectivity index (χ1n) is 5.96. The lowest BCUT2D eigenvalue weighted by molar-refractivity contribution is 0.194. The molecule has 0 aliphatic heterocycles. The zero-order valence-electron chi connectivity index (χ0n) is 10.1. The first kappa shape index (κ1) is 10.6. The fourth-order valence-corrected chi connectivity index (χ4v) is 2.47. The van der Waals surface area contributed by atoms with Gasteiger partial charge in [-0.1, -0.05) is 13.8 Å². The SMILES string of the molecule is CNc1ccn(C2CCC(C)(C)CC2)c1. The Kier molecular flexibility index (Phi) is 2.76. The molecule has 0 amide bonds. The first-order valence-corrected chi connectivity index (χ1v) is 5.96. The van der Waals surface area contributed by atoms with Crippen molar-refractivity contribution in [3.63, 3.8) is 0 Å². The number of nitrogens with zero attached hydrogens (tertiary/aromatic N) is 1. The van der Waals surface area contributed by atoms with Crippen LogP contribution in [0.1, 0.15) is 45.6 Å². The van der Waals surface area contributed by atoms with Gasteiger partial charge in [-0.05, 0) is 37.2 Å². The van der Waals surface area contributed by atoms with Gasteiger partial charge in [0.15, 0.2) is 0 Å². The van der Waals surface area contributed by atoms with Crippen LogP contribution in [-0.4, -0.2) is 11.6 Å². The van der Waals surface area contributed by atoms with Gasteiger partial charge < -0.3 is 9.88 Å². The molecule has 2 rings (SSSR count). The molecule has 0 unspecified atom stereocenters. The Balaban J connectivity index is 2.01. The van der Waals surface area contributed by atoms with Crippen molar-refractivity contribution in [1.29, 1.82) is 0 Å². The summed E-state index contributed by atoms with van der Waals surface area (Å²) in [5.41, 5.74) is 1.79. The summed E-state index contributed by atoms with van der Waals surface area (Å²) in [6.45, 7) is 4.77. The Labute approximate surface area is 92.7 Å². The quantitative estimate of drug-likeness (QED) is 0.781. The van der Waals surface area contributed by atoms with E-state index in [9.17, 15) is 0 Å². The average Bonchev–Trinajstić information content (AvgIpc) is 2.66. The van der Waals surface area contributed by atoms with Crippen molar-refractivity contribution in [2.45, 2.75) is 45.6 Å². The predicted octanol–water partition coefficient (Wildman–Crippen LogP) is 3.67. The minimum absolute atomic E-state index is 0.565. The van der Waals surface area contributed by atoms with E-state index >= 15 is 0 Å². The van der Waals surface area contributed by atoms with Gasteiger partial charge in [-0.15, -0.1) is 0 Å². The summed E-state index contributed by atoms with van der Waals surface area (Å²) in [5, 5.41) is 3.18. The Morgan fingerprint density at radius 3 is 2.53 bits per heavy atom. The summed E-state index contributed by atoms with van der Waals surface area (Å²) in [4.78, 5) is 0. The van der Waals surface area contributed by atoms with Gasteiger partial charge in [0.2, 0.25) is 0 Å². The highest BCUT2D eigenvalue weighted by molar-refractivity contribution is 5.40. The maximum atomic E-state index is 3.18. The van der Waals surface area contributed by atoms with Crippen molar-refractivity contribution >= 4 is 5.69 Å². The van der Waals surface area contributed by atoms with Crippen LogP contribution < -0.4 is 5.32 Å². The van der Waals surface area contributed by atoms with Gasteiger partial charge in [-0.2, -0.15) is 0 Å². The molecule has 0 bridgehead atoms. The van der Waals surface area contributed by atoms with Crippen molar-refractivity contribution in [2.75, 3.05) is 12.4 Å². The van der Waals surface area contributed by atoms with Gasteiger partial charge in [-0.3, -0.25) is 0 Å². The highest BCUT2D eigenvalue weighted by atomic mass is 15.0. The second-order valence-electron chi connectivity index (χ2n) is 5.49. The third-order valence-corrected chi connectivity index (χ3v) is 3.73. The molecule has 1 aliphatic carbocycles. The van der Waals surface area contributed by atoms with Gasteiger partial charge in [0, 0.05) is 25.5 Å². The molecule has 1 aromatic rings. The van der Waals surface area contributed by atoms with E-state index < -0.39 is 0 Å². The fourth-order valence-electron chi connectivity index (χ4n) is 2.47. The largest absolute Gasteiger partial charge is 0.387 e. The van der Waals surface area contributed by atoms with Crippen LogP contribution in [0.15, 0.2) is 18.5 Å². The summed E-state index contributed by atoms with van der Waals surface area (Å²) in [6, 6.07) is 2.87. The molecule has 1 fully saturated rings. The molecule has 1 aliphatic rings. The second-order valence-corrected chi connectivity index (χ2v) is 5.49. The molecule has 0 aromatic carbocycles. The van der Waals surface area contributed by atoms with E-state index in [0.717, 1.165) is 6.04 Å². The molecule has 0 saturated heterocycles. The van der Waals surface area contributed by atoms with E-state index in [1.165, 1.54) is 31.4 Å². The highest BCUT2D eigenvalue weighted by Crippen LogP contribution is 2.40. The minimum Gasteiger partial charge on any atom is -0.387 e. The number of anilines is 1. The molecule has 2 heteroatoms. The van der Waals surface area contributed by atoms with Crippen molar-refractivity contribution in [2.24, 2.45) is 5.41 Å². The summed E-state index contributed by atoms with van der Waals surface area (Å²) >= 11 is 0. The van der Waals surface area contributed by atoms with Gasteiger partial charge in [0.05, 0.1) is 5.69 Å². The van der Waals surface area contributed by atoms with Crippen LogP contribution in [0.2, 0.25) is 0 Å². The Hall–Kier alpha value is -0.920. The van der Waals surface area contributed by atoms with E-state index in [2.05, 4.69) is 42.2 Å². The Morgan fingerprint density at radius 1 is 1.33 bits per heavy atom. The molecule has 0 spiro atoms. The zero-order chi connectivity index (χ0) is 10.9. The van der Waals surface area contributed by atoms with Crippen molar-refractivity contribution in [3.8, 4) is 0 Å². The van der Waals surface area contributed by atoms with Gasteiger partial charge in [0.25, 0.3) is 0 Å². The molecular formula is C13H22N2. The number of hydrogen-bond acceptors (Lipinski definition) is 1. The molecule has 2 nitrogen and oxygen atoms in total. The Morgan fingerprint density at radius 2 is 2.00 bits per heavy atom. The minimum atomic E-state index is 0.565. The second kappa shape index (κ2) is 3.92. The van der Waals surface area contributed by atoms with Gasteiger partial charge >= 0.3 is 0 Å². The summed E-state index contributed by atoms with van der Waals surface area (Å²) in [5.74, 6) is 0. The van der Waals surface area contributed by atoms with E-state index in [4.69, 9.17) is 0 Å². The lowest BCUT2D eigenvalue weighted by Gasteiger charge is -2.34. The van der Waals surface area contributed by atoms with Crippen LogP contribution in [-0.2, 0) is 0 Å². The summed E-state index contributed by atoms with van der Waals surface area (Å²) in [6.07, 6.45) is 9.78. The average molecular weight is 206 g/mol. The van der Waals surface area contributed by atoms with E-state index in [-0.39, 0.29) is 0 Å². The van der Waals surface area contributed by atoms with Crippen LogP contribution in [0.4, 0.5) is 5.69 Å². The van der Waals surface area contributed by atoms with Crippen LogP contribution in [0.25, 0.3) is 0 Å². The lowest BCUT2D eigenvalue weighted by Crippen LogP contribution is -2.22. The molecule has 15 heavy (non-hydrogen) atoms. The van der Waals surface area contributed by atoms with Crippen LogP contribution in [0.5, 0.6) is 0 Å². The third kappa shape index (κ3) is 2.36. The van der Waals surface area contributed by atoms with Gasteiger partial charge in [-0.25, -0.2) is 0 Å². The molecule has 1 aromatic heterocycles. The maximum absolute atomic E-state index is 3.18. The van der Waals surface area contributed by atoms with Crippen molar-refractivity contribution in [1.82, 2.24) is 4.57 Å². The standard InChI is InChI=1S/C13H22N2/c1-13(2)7-4-12(5-8-13)15-9-6-11(10-15)14-3/h6,9-10,12,14H,4-5,7-8H2,1-3H3. The molecule has 0 radical (unpaired) electrons. The molecule has 84 valence electrons. The van der Waals surface area contributed by atoms with Crippen LogP contribution in [0, 0.1) is 5.41 Å². The topological polar surface area (TPSA) is 17.0 Å². The molecule has 1 saturated carbocycles. The molecule has 1 N–H and O–H groups in total. The molecule has 0 atom stereocenters. The van der Waals surface area contributed by atoms with Crippen LogP contribution in [0.3, 0.4) is 0 Å². The lowest BCUT2D eigenvalue weighted by atomic mass is 9.75. The van der Waals surface area contributed by atoms with Gasteiger partial charge in [0.1, 0.15) is 0 Å². The zero-order valence-corrected chi connectivity index (χ0v) is 10.1. The number of aromatic nitrogens is 1. The first-order chi connectivity index (χ1) is 7.11. The smallest absolute Gasteiger partial charge is 0.0517 e. The van der Waals surface area contributed by atoms with Crippen molar-refractivity contribution < 1.29 is 0 Å². The predicted molar refractivity (Wildman–Crippen MR) is 65.3 cm³/mol. The highest BCUT2D eigenvalue weighted by Gasteiger charge is 2.27. The number of hydrogen-bond donors (Lipinski definition) is 1. The number of nitrogens with one attached hydrogen (secondary N) is 1. The maximum Gasteiger partial charge on any atom is 0.0517 e. The normalized spacial score (nSPS) is 21.5. The monoisotopic (exact) mass is 206 g/mol. The number of rotatable bonds is 2. The fraction of sp³-hybridized carbons (Fsp3) is 0.692. The third-order valence-electron chi connectivity index (χ3n) is 3.73. The van der Waals surface area contributed by atoms with E-state index in [0.29, 0.717) is 5.41 Å².